The molecule has 138 valence electrons. The lowest BCUT2D eigenvalue weighted by atomic mass is 10.2. The molecule has 0 bridgehead atoms. The van der Waals surface area contributed by atoms with Crippen molar-refractivity contribution in [2.24, 2.45) is 0 Å². The molecule has 0 spiro atoms. The van der Waals surface area contributed by atoms with Gasteiger partial charge in [-0.15, -0.1) is 10.2 Å². The second kappa shape index (κ2) is 7.55. The van der Waals surface area contributed by atoms with Gasteiger partial charge in [-0.05, 0) is 43.3 Å². The van der Waals surface area contributed by atoms with E-state index in [4.69, 9.17) is 4.74 Å². The van der Waals surface area contributed by atoms with Crippen molar-refractivity contribution in [1.82, 2.24) is 19.7 Å². The van der Waals surface area contributed by atoms with E-state index in [0.717, 1.165) is 37.8 Å². The maximum Gasteiger partial charge on any atom is 0.276 e. The minimum Gasteiger partial charge on any atom is -0.378 e. The molecule has 0 atom stereocenters. The van der Waals surface area contributed by atoms with Crippen molar-refractivity contribution in [3.63, 3.8) is 0 Å². The maximum absolute atomic E-state index is 12.4. The van der Waals surface area contributed by atoms with Crippen molar-refractivity contribution in [3.05, 3.63) is 60.3 Å². The van der Waals surface area contributed by atoms with Gasteiger partial charge in [-0.3, -0.25) is 9.36 Å². The number of imidazole rings is 1. The third kappa shape index (κ3) is 3.80. The number of aromatic nitrogens is 4. The van der Waals surface area contributed by atoms with E-state index in [0.29, 0.717) is 11.5 Å². The molecule has 8 nitrogen and oxygen atoms in total. The Kier molecular flexibility index (Phi) is 4.80. The number of hydrogen-bond donors (Lipinski definition) is 1. The molecule has 4 rings (SSSR count). The van der Waals surface area contributed by atoms with Gasteiger partial charge < -0.3 is 15.0 Å². The molecule has 1 aliphatic rings. The Morgan fingerprint density at radius 3 is 2.48 bits per heavy atom. The van der Waals surface area contributed by atoms with Crippen LogP contribution in [0.2, 0.25) is 0 Å². The minimum atomic E-state index is -0.296. The zero-order valence-corrected chi connectivity index (χ0v) is 15.0. The Morgan fingerprint density at radius 1 is 1.07 bits per heavy atom. The van der Waals surface area contributed by atoms with E-state index in [1.54, 1.807) is 29.1 Å². The second-order valence-electron chi connectivity index (χ2n) is 6.22. The average Bonchev–Trinajstić information content (AvgIpc) is 3.15. The fourth-order valence-corrected chi connectivity index (χ4v) is 2.97. The van der Waals surface area contributed by atoms with Gasteiger partial charge in [0.25, 0.3) is 5.91 Å². The lowest BCUT2D eigenvalue weighted by molar-refractivity contribution is 0.102. The van der Waals surface area contributed by atoms with Crippen molar-refractivity contribution in [1.29, 1.82) is 0 Å². The van der Waals surface area contributed by atoms with Gasteiger partial charge in [0, 0.05) is 36.9 Å². The van der Waals surface area contributed by atoms with Crippen molar-refractivity contribution >= 4 is 17.3 Å². The number of hydrogen-bond acceptors (Lipinski definition) is 6. The summed E-state index contributed by atoms with van der Waals surface area (Å²) in [4.78, 5) is 18.8. The van der Waals surface area contributed by atoms with Gasteiger partial charge in [-0.25, -0.2) is 4.98 Å². The molecule has 1 saturated heterocycles. The van der Waals surface area contributed by atoms with Gasteiger partial charge in [0.2, 0.25) is 0 Å². The van der Waals surface area contributed by atoms with Crippen LogP contribution in [0.25, 0.3) is 5.82 Å². The molecule has 1 N–H and O–H groups in total. The molecule has 0 radical (unpaired) electrons. The number of ether oxygens (including phenoxy) is 1. The standard InChI is InChI=1S/C19H20N6O2/c1-14-20-8-9-25(14)18-7-6-17(22-23-18)19(26)21-15-2-4-16(5-3-15)24-10-12-27-13-11-24/h2-9H,10-13H2,1H3,(H,21,26). The number of aryl methyl sites for hydroxylation is 1. The topological polar surface area (TPSA) is 85.2 Å². The summed E-state index contributed by atoms with van der Waals surface area (Å²) < 4.78 is 7.17. The number of carbonyl (C=O) groups excluding carboxylic acids is 1. The molecule has 0 unspecified atom stereocenters. The number of carbonyl (C=O) groups is 1. The Balaban J connectivity index is 1.42. The fourth-order valence-electron chi connectivity index (χ4n) is 2.97. The number of anilines is 2. The molecule has 1 fully saturated rings. The number of nitrogens with zero attached hydrogens (tertiary/aromatic N) is 5. The SMILES string of the molecule is Cc1nccn1-c1ccc(C(=O)Nc2ccc(N3CCOCC3)cc2)nn1. The van der Waals surface area contributed by atoms with Crippen LogP contribution in [0.15, 0.2) is 48.8 Å². The summed E-state index contributed by atoms with van der Waals surface area (Å²) in [7, 11) is 0. The van der Waals surface area contributed by atoms with Crippen LogP contribution in [-0.4, -0.2) is 52.0 Å². The van der Waals surface area contributed by atoms with Crippen molar-refractivity contribution in [2.45, 2.75) is 6.92 Å². The summed E-state index contributed by atoms with van der Waals surface area (Å²) >= 11 is 0. The Bertz CT molecular complexity index is 914. The van der Waals surface area contributed by atoms with E-state index >= 15 is 0 Å². The molecular formula is C19H20N6O2. The Labute approximate surface area is 156 Å². The molecule has 2 aromatic heterocycles. The van der Waals surface area contributed by atoms with E-state index in [-0.39, 0.29) is 11.6 Å². The zero-order chi connectivity index (χ0) is 18.6. The number of morpholine rings is 1. The highest BCUT2D eigenvalue weighted by molar-refractivity contribution is 6.02. The zero-order valence-electron chi connectivity index (χ0n) is 15.0. The van der Waals surface area contributed by atoms with E-state index in [1.807, 2.05) is 31.2 Å². The van der Waals surface area contributed by atoms with Crippen LogP contribution in [0.4, 0.5) is 11.4 Å². The first-order chi connectivity index (χ1) is 13.2. The molecule has 0 aliphatic carbocycles. The Morgan fingerprint density at radius 2 is 1.85 bits per heavy atom. The third-order valence-corrected chi connectivity index (χ3v) is 4.46. The molecule has 1 aliphatic heterocycles. The van der Waals surface area contributed by atoms with Crippen LogP contribution >= 0.6 is 0 Å². The molecule has 8 heteroatoms. The van der Waals surface area contributed by atoms with Gasteiger partial charge in [0.05, 0.1) is 13.2 Å². The number of rotatable bonds is 4. The average molecular weight is 364 g/mol. The largest absolute Gasteiger partial charge is 0.378 e. The summed E-state index contributed by atoms with van der Waals surface area (Å²) in [6.45, 7) is 5.12. The van der Waals surface area contributed by atoms with Gasteiger partial charge in [0.1, 0.15) is 5.82 Å². The van der Waals surface area contributed by atoms with E-state index in [2.05, 4.69) is 25.4 Å². The van der Waals surface area contributed by atoms with Crippen LogP contribution in [0.1, 0.15) is 16.3 Å². The van der Waals surface area contributed by atoms with E-state index in [9.17, 15) is 4.79 Å². The Hall–Kier alpha value is -3.26. The van der Waals surface area contributed by atoms with E-state index < -0.39 is 0 Å². The monoisotopic (exact) mass is 364 g/mol. The maximum atomic E-state index is 12.4. The number of benzene rings is 1. The quantitative estimate of drug-likeness (QED) is 0.763. The third-order valence-electron chi connectivity index (χ3n) is 4.46. The first-order valence-corrected chi connectivity index (χ1v) is 8.79. The van der Waals surface area contributed by atoms with Gasteiger partial charge in [-0.1, -0.05) is 0 Å². The summed E-state index contributed by atoms with van der Waals surface area (Å²) in [5, 5.41) is 11.0. The predicted octanol–water partition coefficient (Wildman–Crippen LogP) is 2.06. The smallest absolute Gasteiger partial charge is 0.276 e. The molecule has 1 amide bonds. The lowest BCUT2D eigenvalue weighted by Gasteiger charge is -2.28. The lowest BCUT2D eigenvalue weighted by Crippen LogP contribution is -2.36. The van der Waals surface area contributed by atoms with Gasteiger partial charge >= 0.3 is 0 Å². The highest BCUT2D eigenvalue weighted by atomic mass is 16.5. The first kappa shape index (κ1) is 17.2. The van der Waals surface area contributed by atoms with Crippen LogP contribution in [0, 0.1) is 6.92 Å². The van der Waals surface area contributed by atoms with Crippen LogP contribution < -0.4 is 10.2 Å². The molecule has 3 heterocycles. The number of amides is 1. The van der Waals surface area contributed by atoms with Crippen LogP contribution in [0.5, 0.6) is 0 Å². The summed E-state index contributed by atoms with van der Waals surface area (Å²) in [6, 6.07) is 11.2. The van der Waals surface area contributed by atoms with Gasteiger partial charge in [0.15, 0.2) is 11.5 Å². The highest BCUT2D eigenvalue weighted by Gasteiger charge is 2.13. The minimum absolute atomic E-state index is 0.258. The molecule has 3 aromatic rings. The van der Waals surface area contributed by atoms with Crippen molar-refractivity contribution < 1.29 is 9.53 Å². The molecule has 1 aromatic carbocycles. The summed E-state index contributed by atoms with van der Waals surface area (Å²) in [6.07, 6.45) is 3.49. The summed E-state index contributed by atoms with van der Waals surface area (Å²) in [5.74, 6) is 1.13. The van der Waals surface area contributed by atoms with E-state index in [1.165, 1.54) is 0 Å². The van der Waals surface area contributed by atoms with Crippen molar-refractivity contribution in [3.8, 4) is 5.82 Å². The van der Waals surface area contributed by atoms with Crippen LogP contribution in [0.3, 0.4) is 0 Å². The molecular weight excluding hydrogens is 344 g/mol. The highest BCUT2D eigenvalue weighted by Crippen LogP contribution is 2.19. The molecule has 27 heavy (non-hydrogen) atoms. The number of nitrogens with one attached hydrogen (secondary N) is 1. The normalized spacial score (nSPS) is 14.2. The summed E-state index contributed by atoms with van der Waals surface area (Å²) in [5.41, 5.74) is 2.10. The predicted molar refractivity (Wildman–Crippen MR) is 101 cm³/mol. The molecule has 0 saturated carbocycles. The van der Waals surface area contributed by atoms with Crippen molar-refractivity contribution in [2.75, 3.05) is 36.5 Å². The van der Waals surface area contributed by atoms with Gasteiger partial charge in [-0.2, -0.15) is 0 Å². The first-order valence-electron chi connectivity index (χ1n) is 8.79. The van der Waals surface area contributed by atoms with Crippen LogP contribution in [-0.2, 0) is 4.74 Å². The fraction of sp³-hybridized carbons (Fsp3) is 0.263. The second-order valence-corrected chi connectivity index (χ2v) is 6.22.